The van der Waals surface area contributed by atoms with Crippen molar-refractivity contribution in [2.24, 2.45) is 0 Å². The number of likely N-dealkylation sites (N-methyl/N-ethyl adjacent to an activating group) is 1. The topological polar surface area (TPSA) is 40.5 Å². The third-order valence-corrected chi connectivity index (χ3v) is 4.15. The first kappa shape index (κ1) is 13.8. The Morgan fingerprint density at radius 1 is 1.42 bits per heavy atom. The van der Waals surface area contributed by atoms with Crippen LogP contribution >= 0.6 is 0 Å². The van der Waals surface area contributed by atoms with E-state index in [-0.39, 0.29) is 11.3 Å². The summed E-state index contributed by atoms with van der Waals surface area (Å²) in [6.07, 6.45) is 4.70. The molecule has 0 amide bonds. The highest BCUT2D eigenvalue weighted by molar-refractivity contribution is 5.79. The Morgan fingerprint density at radius 3 is 2.68 bits per heavy atom. The zero-order valence-corrected chi connectivity index (χ0v) is 11.4. The van der Waals surface area contributed by atoms with Crippen molar-refractivity contribution in [3.8, 4) is 5.75 Å². The number of carbonyl (C=O) groups excluding carboxylic acids is 1. The molecule has 19 heavy (non-hydrogen) atoms. The first-order chi connectivity index (χ1) is 9.08. The van der Waals surface area contributed by atoms with Gasteiger partial charge in [0.2, 0.25) is 0 Å². The van der Waals surface area contributed by atoms with E-state index in [0.29, 0.717) is 18.6 Å². The summed E-state index contributed by atoms with van der Waals surface area (Å²) in [5.41, 5.74) is 0.922. The molecule has 1 aromatic carbocycles. The quantitative estimate of drug-likeness (QED) is 0.845. The van der Waals surface area contributed by atoms with E-state index < -0.39 is 0 Å². The molecule has 1 saturated carbocycles. The van der Waals surface area contributed by atoms with Crippen LogP contribution in [0.15, 0.2) is 36.9 Å². The first-order valence-corrected chi connectivity index (χ1v) is 6.72. The molecule has 1 N–H and O–H groups in total. The van der Waals surface area contributed by atoms with Crippen LogP contribution in [0.5, 0.6) is 5.75 Å². The fourth-order valence-electron chi connectivity index (χ4n) is 3.00. The van der Waals surface area contributed by atoms with Gasteiger partial charge in [0.1, 0.15) is 11.5 Å². The van der Waals surface area contributed by atoms with E-state index in [1.165, 1.54) is 0 Å². The molecule has 3 nitrogen and oxygen atoms in total. The van der Waals surface area contributed by atoms with Crippen LogP contribution in [0.1, 0.15) is 31.2 Å². The van der Waals surface area contributed by atoms with Crippen LogP contribution in [0.25, 0.3) is 0 Å². The molecular weight excluding hydrogens is 238 g/mol. The molecule has 1 aliphatic carbocycles. The van der Waals surface area contributed by atoms with Crippen LogP contribution in [-0.4, -0.2) is 29.4 Å². The van der Waals surface area contributed by atoms with Gasteiger partial charge in [0.05, 0.1) is 0 Å². The lowest BCUT2D eigenvalue weighted by molar-refractivity contribution is -0.123. The molecule has 0 spiro atoms. The van der Waals surface area contributed by atoms with Crippen molar-refractivity contribution in [3.63, 3.8) is 0 Å². The maximum Gasteiger partial charge on any atom is 0.133 e. The molecule has 0 bridgehead atoms. The van der Waals surface area contributed by atoms with E-state index in [4.69, 9.17) is 0 Å². The third kappa shape index (κ3) is 2.71. The normalized spacial score (nSPS) is 18.5. The van der Waals surface area contributed by atoms with E-state index in [1.54, 1.807) is 6.07 Å². The predicted octanol–water partition coefficient (Wildman–Crippen LogP) is 2.85. The zero-order valence-electron chi connectivity index (χ0n) is 11.4. The first-order valence-electron chi connectivity index (χ1n) is 6.72. The van der Waals surface area contributed by atoms with Crippen molar-refractivity contribution < 1.29 is 9.90 Å². The van der Waals surface area contributed by atoms with Gasteiger partial charge in [-0.1, -0.05) is 18.2 Å². The summed E-state index contributed by atoms with van der Waals surface area (Å²) in [5.74, 6) is 0.614. The lowest BCUT2D eigenvalue weighted by Gasteiger charge is -2.44. The van der Waals surface area contributed by atoms with Gasteiger partial charge in [-0.3, -0.25) is 9.69 Å². The van der Waals surface area contributed by atoms with Gasteiger partial charge in [-0.05, 0) is 37.6 Å². The molecule has 0 aliphatic heterocycles. The van der Waals surface area contributed by atoms with Crippen LogP contribution in [0, 0.1) is 0 Å². The molecule has 3 heteroatoms. The van der Waals surface area contributed by atoms with E-state index in [9.17, 15) is 9.90 Å². The Hall–Kier alpha value is -1.61. The van der Waals surface area contributed by atoms with E-state index in [2.05, 4.69) is 18.5 Å². The molecule has 2 rings (SSSR count). The highest BCUT2D eigenvalue weighted by Crippen LogP contribution is 2.41. The fraction of sp³-hybridized carbons (Fsp3) is 0.438. The Kier molecular flexibility index (Phi) is 4.05. The number of ketones is 1. The van der Waals surface area contributed by atoms with E-state index in [1.807, 2.05) is 24.3 Å². The minimum absolute atomic E-state index is 0.166. The number of benzene rings is 1. The second-order valence-electron chi connectivity index (χ2n) is 5.29. The standard InChI is InChI=1S/C16H21NO2/c1-3-11-17(2)16(9-7-14(18)8-10-16)13-5-4-6-15(19)12-13/h3-6,12,19H,1,7-11H2,2H3. The molecule has 1 aromatic rings. The van der Waals surface area contributed by atoms with Gasteiger partial charge < -0.3 is 5.11 Å². The maximum absolute atomic E-state index is 11.5. The van der Waals surface area contributed by atoms with Gasteiger partial charge in [0.25, 0.3) is 0 Å². The van der Waals surface area contributed by atoms with E-state index >= 15 is 0 Å². The monoisotopic (exact) mass is 259 g/mol. The van der Waals surface area contributed by atoms with Crippen molar-refractivity contribution in [1.29, 1.82) is 0 Å². The summed E-state index contributed by atoms with van der Waals surface area (Å²) < 4.78 is 0. The summed E-state index contributed by atoms with van der Waals surface area (Å²) >= 11 is 0. The molecule has 102 valence electrons. The second-order valence-corrected chi connectivity index (χ2v) is 5.29. The largest absolute Gasteiger partial charge is 0.508 e. The number of phenolic OH excluding ortho intramolecular Hbond substituents is 1. The minimum Gasteiger partial charge on any atom is -0.508 e. The molecule has 0 atom stereocenters. The molecule has 0 heterocycles. The third-order valence-electron chi connectivity index (χ3n) is 4.15. The van der Waals surface area contributed by atoms with Gasteiger partial charge in [-0.2, -0.15) is 0 Å². The SMILES string of the molecule is C=CCN(C)C1(c2cccc(O)c2)CCC(=O)CC1. The van der Waals surface area contributed by atoms with Gasteiger partial charge >= 0.3 is 0 Å². The smallest absolute Gasteiger partial charge is 0.133 e. The van der Waals surface area contributed by atoms with Crippen molar-refractivity contribution >= 4 is 5.78 Å². The Bertz CT molecular complexity index is 471. The minimum atomic E-state index is -0.166. The Balaban J connectivity index is 2.39. The van der Waals surface area contributed by atoms with Crippen molar-refractivity contribution in [2.75, 3.05) is 13.6 Å². The summed E-state index contributed by atoms with van der Waals surface area (Å²) in [4.78, 5) is 13.8. The number of aromatic hydroxyl groups is 1. The van der Waals surface area contributed by atoms with Gasteiger partial charge in [0, 0.05) is 24.9 Å². The Labute approximate surface area is 114 Å². The number of carbonyl (C=O) groups is 1. The number of nitrogens with zero attached hydrogens (tertiary/aromatic N) is 1. The predicted molar refractivity (Wildman–Crippen MR) is 76.1 cm³/mol. The van der Waals surface area contributed by atoms with Gasteiger partial charge in [0.15, 0.2) is 0 Å². The summed E-state index contributed by atoms with van der Waals surface area (Å²) in [6.45, 7) is 4.56. The molecule has 1 aliphatic rings. The van der Waals surface area contributed by atoms with Gasteiger partial charge in [-0.15, -0.1) is 6.58 Å². The highest BCUT2D eigenvalue weighted by atomic mass is 16.3. The number of hydrogen-bond acceptors (Lipinski definition) is 3. The van der Waals surface area contributed by atoms with Crippen molar-refractivity contribution in [2.45, 2.75) is 31.2 Å². The molecule has 1 fully saturated rings. The molecule has 0 radical (unpaired) electrons. The van der Waals surface area contributed by atoms with Gasteiger partial charge in [-0.25, -0.2) is 0 Å². The Morgan fingerprint density at radius 2 is 2.11 bits per heavy atom. The molecular formula is C16H21NO2. The molecule has 0 aromatic heterocycles. The van der Waals surface area contributed by atoms with Crippen LogP contribution in [-0.2, 0) is 10.3 Å². The summed E-state index contributed by atoms with van der Waals surface area (Å²) in [6, 6.07) is 7.40. The van der Waals surface area contributed by atoms with Crippen LogP contribution in [0.2, 0.25) is 0 Å². The number of rotatable bonds is 4. The fourth-order valence-corrected chi connectivity index (χ4v) is 3.00. The van der Waals surface area contributed by atoms with E-state index in [0.717, 1.165) is 24.9 Å². The number of hydrogen-bond donors (Lipinski definition) is 1. The summed E-state index contributed by atoms with van der Waals surface area (Å²) in [5, 5.41) is 9.72. The second kappa shape index (κ2) is 5.57. The van der Waals surface area contributed by atoms with Crippen molar-refractivity contribution in [1.82, 2.24) is 4.90 Å². The maximum atomic E-state index is 11.5. The average molecular weight is 259 g/mol. The number of phenols is 1. The molecule has 0 unspecified atom stereocenters. The van der Waals surface area contributed by atoms with Crippen LogP contribution in [0.3, 0.4) is 0 Å². The lowest BCUT2D eigenvalue weighted by Crippen LogP contribution is -2.46. The lowest BCUT2D eigenvalue weighted by atomic mass is 9.75. The summed E-state index contributed by atoms with van der Waals surface area (Å²) in [7, 11) is 2.06. The zero-order chi connectivity index (χ0) is 13.9. The van der Waals surface area contributed by atoms with Crippen LogP contribution < -0.4 is 0 Å². The van der Waals surface area contributed by atoms with Crippen LogP contribution in [0.4, 0.5) is 0 Å². The average Bonchev–Trinajstić information content (AvgIpc) is 2.40. The van der Waals surface area contributed by atoms with Crippen molar-refractivity contribution in [3.05, 3.63) is 42.5 Å². The highest BCUT2D eigenvalue weighted by Gasteiger charge is 2.39. The molecule has 0 saturated heterocycles. The number of Topliss-reactive ketones (excluding diaryl/α,β-unsaturated/α-hetero) is 1.